The third-order valence-corrected chi connectivity index (χ3v) is 4.00. The molecule has 0 radical (unpaired) electrons. The van der Waals surface area contributed by atoms with E-state index in [-0.39, 0.29) is 0 Å². The molecule has 1 N–H and O–H groups in total. The molecule has 16 heavy (non-hydrogen) atoms. The second kappa shape index (κ2) is 4.21. The van der Waals surface area contributed by atoms with Crippen LogP contribution < -0.4 is 5.32 Å². The number of rotatable bonds is 2. The van der Waals surface area contributed by atoms with Crippen LogP contribution in [0.5, 0.6) is 0 Å². The summed E-state index contributed by atoms with van der Waals surface area (Å²) < 4.78 is 5.87. The zero-order valence-corrected chi connectivity index (χ0v) is 9.96. The third kappa shape index (κ3) is 1.77. The molecule has 1 unspecified atom stereocenters. The smallest absolute Gasteiger partial charge is 0.197 e. The van der Waals surface area contributed by atoms with Crippen molar-refractivity contribution >= 4 is 0 Å². The van der Waals surface area contributed by atoms with Crippen LogP contribution in [0.3, 0.4) is 0 Å². The highest BCUT2D eigenvalue weighted by molar-refractivity contribution is 5.17. The number of hydrogen-bond acceptors (Lipinski definition) is 3. The molecule has 1 saturated heterocycles. The lowest BCUT2D eigenvalue weighted by Gasteiger charge is -2.04. The van der Waals surface area contributed by atoms with Crippen LogP contribution in [0, 0.1) is 6.92 Å². The van der Waals surface area contributed by atoms with E-state index < -0.39 is 0 Å². The average Bonchev–Trinajstić information content (AvgIpc) is 2.97. The minimum Gasteiger partial charge on any atom is -0.445 e. The number of nitrogens with one attached hydrogen (secondary N) is 1. The molecule has 0 spiro atoms. The Bertz CT molecular complexity index is 360. The molecule has 0 bridgehead atoms. The van der Waals surface area contributed by atoms with Gasteiger partial charge in [-0.25, -0.2) is 4.98 Å². The van der Waals surface area contributed by atoms with Gasteiger partial charge in [0.2, 0.25) is 0 Å². The first-order valence-electron chi connectivity index (χ1n) is 6.52. The summed E-state index contributed by atoms with van der Waals surface area (Å²) in [5, 5.41) is 3.40. The highest BCUT2D eigenvalue weighted by Gasteiger charge is 2.27. The molecule has 2 aliphatic rings. The molecule has 88 valence electrons. The van der Waals surface area contributed by atoms with Gasteiger partial charge in [0, 0.05) is 18.4 Å². The van der Waals surface area contributed by atoms with Crippen LogP contribution in [-0.4, -0.2) is 18.1 Å². The number of aromatic nitrogens is 1. The minimum atomic E-state index is 0.582. The van der Waals surface area contributed by atoms with Crippen molar-refractivity contribution in [3.05, 3.63) is 17.3 Å². The zero-order valence-electron chi connectivity index (χ0n) is 9.96. The molecule has 2 heterocycles. The molecule has 3 rings (SSSR count). The van der Waals surface area contributed by atoms with Gasteiger partial charge in [0.1, 0.15) is 5.76 Å². The fourth-order valence-corrected chi connectivity index (χ4v) is 3.04. The van der Waals surface area contributed by atoms with Crippen LogP contribution in [0.15, 0.2) is 4.42 Å². The van der Waals surface area contributed by atoms with Crippen LogP contribution in [0.25, 0.3) is 0 Å². The van der Waals surface area contributed by atoms with Gasteiger partial charge in [-0.1, -0.05) is 12.8 Å². The molecule has 1 aromatic rings. The van der Waals surface area contributed by atoms with E-state index in [1.165, 1.54) is 37.8 Å². The topological polar surface area (TPSA) is 38.1 Å². The Labute approximate surface area is 96.6 Å². The Hall–Kier alpha value is -0.830. The Balaban J connectivity index is 1.83. The summed E-state index contributed by atoms with van der Waals surface area (Å²) in [6.07, 6.45) is 6.42. The van der Waals surface area contributed by atoms with Crippen molar-refractivity contribution in [1.82, 2.24) is 10.3 Å². The number of hydrogen-bond donors (Lipinski definition) is 1. The Kier molecular flexibility index (Phi) is 2.72. The quantitative estimate of drug-likeness (QED) is 0.832. The van der Waals surface area contributed by atoms with Crippen LogP contribution in [0.1, 0.15) is 61.3 Å². The second-order valence-electron chi connectivity index (χ2n) is 5.16. The van der Waals surface area contributed by atoms with E-state index in [0.717, 1.165) is 24.7 Å². The first-order chi connectivity index (χ1) is 7.84. The molecular weight excluding hydrogens is 200 g/mol. The van der Waals surface area contributed by atoms with Crippen LogP contribution >= 0.6 is 0 Å². The van der Waals surface area contributed by atoms with Crippen molar-refractivity contribution in [3.8, 4) is 0 Å². The highest BCUT2D eigenvalue weighted by atomic mass is 16.4. The molecule has 1 atom stereocenters. The van der Waals surface area contributed by atoms with Gasteiger partial charge in [-0.3, -0.25) is 0 Å². The van der Waals surface area contributed by atoms with E-state index in [0.29, 0.717) is 11.8 Å². The predicted octanol–water partition coefficient (Wildman–Crippen LogP) is 2.72. The van der Waals surface area contributed by atoms with Gasteiger partial charge in [0.25, 0.3) is 0 Å². The third-order valence-electron chi connectivity index (χ3n) is 4.00. The number of oxazole rings is 1. The summed E-state index contributed by atoms with van der Waals surface area (Å²) in [5.74, 6) is 3.24. The molecule has 3 heteroatoms. The van der Waals surface area contributed by atoms with E-state index in [1.54, 1.807) is 0 Å². The summed E-state index contributed by atoms with van der Waals surface area (Å²) in [6, 6.07) is 0. The monoisotopic (exact) mass is 220 g/mol. The molecule has 0 amide bonds. The van der Waals surface area contributed by atoms with Gasteiger partial charge in [-0.05, 0) is 32.7 Å². The summed E-state index contributed by atoms with van der Waals surface area (Å²) in [7, 11) is 0. The first kappa shape index (κ1) is 10.3. The zero-order chi connectivity index (χ0) is 11.0. The average molecular weight is 220 g/mol. The molecule has 0 aromatic carbocycles. The summed E-state index contributed by atoms with van der Waals surface area (Å²) in [4.78, 5) is 4.77. The van der Waals surface area contributed by atoms with Crippen LogP contribution in [-0.2, 0) is 0 Å². The first-order valence-corrected chi connectivity index (χ1v) is 6.52. The molecule has 3 nitrogen and oxygen atoms in total. The van der Waals surface area contributed by atoms with E-state index in [9.17, 15) is 0 Å². The maximum absolute atomic E-state index is 5.87. The predicted molar refractivity (Wildman–Crippen MR) is 62.7 cm³/mol. The maximum Gasteiger partial charge on any atom is 0.197 e. The van der Waals surface area contributed by atoms with Crippen LogP contribution in [0.2, 0.25) is 0 Å². The fourth-order valence-electron chi connectivity index (χ4n) is 3.04. The SMILES string of the molecule is Cc1oc(C2CCCC2)nc1C1CCNC1. The molecule has 1 saturated carbocycles. The molecule has 1 aromatic heterocycles. The summed E-state index contributed by atoms with van der Waals surface area (Å²) in [5.41, 5.74) is 1.21. The number of aryl methyl sites for hydroxylation is 1. The second-order valence-corrected chi connectivity index (χ2v) is 5.16. The largest absolute Gasteiger partial charge is 0.445 e. The standard InChI is InChI=1S/C13H20N2O/c1-9-12(11-6-7-14-8-11)15-13(16-9)10-4-2-3-5-10/h10-11,14H,2-8H2,1H3. The van der Waals surface area contributed by atoms with Crippen molar-refractivity contribution in [2.75, 3.05) is 13.1 Å². The van der Waals surface area contributed by atoms with Gasteiger partial charge in [0.15, 0.2) is 5.89 Å². The van der Waals surface area contributed by atoms with E-state index in [2.05, 4.69) is 12.2 Å². The van der Waals surface area contributed by atoms with Gasteiger partial charge < -0.3 is 9.73 Å². The number of nitrogens with zero attached hydrogens (tertiary/aromatic N) is 1. The van der Waals surface area contributed by atoms with Crippen LogP contribution in [0.4, 0.5) is 0 Å². The van der Waals surface area contributed by atoms with E-state index >= 15 is 0 Å². The minimum absolute atomic E-state index is 0.582. The van der Waals surface area contributed by atoms with Gasteiger partial charge in [0.05, 0.1) is 5.69 Å². The van der Waals surface area contributed by atoms with Gasteiger partial charge >= 0.3 is 0 Å². The molecule has 1 aliphatic carbocycles. The lowest BCUT2D eigenvalue weighted by Crippen LogP contribution is -2.08. The Morgan fingerprint density at radius 2 is 2.00 bits per heavy atom. The molecular formula is C13H20N2O. The lowest BCUT2D eigenvalue weighted by molar-refractivity contribution is 0.430. The van der Waals surface area contributed by atoms with Crippen molar-refractivity contribution < 1.29 is 4.42 Å². The van der Waals surface area contributed by atoms with Crippen molar-refractivity contribution in [1.29, 1.82) is 0 Å². The maximum atomic E-state index is 5.87. The highest BCUT2D eigenvalue weighted by Crippen LogP contribution is 2.36. The van der Waals surface area contributed by atoms with E-state index in [4.69, 9.17) is 9.40 Å². The van der Waals surface area contributed by atoms with Gasteiger partial charge in [-0.2, -0.15) is 0 Å². The Morgan fingerprint density at radius 3 is 2.69 bits per heavy atom. The van der Waals surface area contributed by atoms with Crippen molar-refractivity contribution in [2.45, 2.75) is 50.9 Å². The van der Waals surface area contributed by atoms with Crippen molar-refractivity contribution in [3.63, 3.8) is 0 Å². The lowest BCUT2D eigenvalue weighted by atomic mass is 10.0. The van der Waals surface area contributed by atoms with Crippen molar-refractivity contribution in [2.24, 2.45) is 0 Å². The van der Waals surface area contributed by atoms with E-state index in [1.807, 2.05) is 0 Å². The normalized spacial score (nSPS) is 26.7. The summed E-state index contributed by atoms with van der Waals surface area (Å²) >= 11 is 0. The van der Waals surface area contributed by atoms with Gasteiger partial charge in [-0.15, -0.1) is 0 Å². The Morgan fingerprint density at radius 1 is 1.19 bits per heavy atom. The molecule has 1 aliphatic heterocycles. The fraction of sp³-hybridized carbons (Fsp3) is 0.769. The summed E-state index contributed by atoms with van der Waals surface area (Å²) in [6.45, 7) is 4.26. The molecule has 2 fully saturated rings.